The smallest absolute Gasteiger partial charge is 0.225 e. The molecule has 0 aliphatic heterocycles. The zero-order valence-electron chi connectivity index (χ0n) is 8.04. The molecule has 1 aromatic carbocycles. The van der Waals surface area contributed by atoms with Crippen LogP contribution in [0.15, 0.2) is 17.0 Å². The Labute approximate surface area is 92.5 Å². The van der Waals surface area contributed by atoms with Crippen LogP contribution >= 0.6 is 15.9 Å². The van der Waals surface area contributed by atoms with E-state index in [0.29, 0.717) is 5.33 Å². The van der Waals surface area contributed by atoms with Crippen molar-refractivity contribution in [3.8, 4) is 0 Å². The summed E-state index contributed by atoms with van der Waals surface area (Å²) in [6, 6.07) is 3.55. The molecule has 0 atom stereocenters. The fourth-order valence-electron chi connectivity index (χ4n) is 1.27. The van der Waals surface area contributed by atoms with Crippen LogP contribution < -0.4 is 5.14 Å². The minimum Gasteiger partial charge on any atom is -0.225 e. The largest absolute Gasteiger partial charge is 0.238 e. The van der Waals surface area contributed by atoms with E-state index in [4.69, 9.17) is 5.14 Å². The molecule has 3 nitrogen and oxygen atoms in total. The van der Waals surface area contributed by atoms with E-state index in [1.807, 2.05) is 13.0 Å². The van der Waals surface area contributed by atoms with Crippen molar-refractivity contribution in [2.75, 3.05) is 0 Å². The maximum atomic E-state index is 11.2. The zero-order chi connectivity index (χ0) is 10.9. The van der Waals surface area contributed by atoms with Crippen LogP contribution in [0.1, 0.15) is 16.7 Å². The van der Waals surface area contributed by atoms with E-state index < -0.39 is 10.0 Å². The van der Waals surface area contributed by atoms with Gasteiger partial charge < -0.3 is 0 Å². The molecule has 0 fully saturated rings. The highest BCUT2D eigenvalue weighted by atomic mass is 79.9. The third kappa shape index (κ3) is 2.34. The average molecular weight is 278 g/mol. The molecule has 0 aliphatic carbocycles. The van der Waals surface area contributed by atoms with Gasteiger partial charge in [-0.2, -0.15) is 0 Å². The van der Waals surface area contributed by atoms with Crippen LogP contribution in [0.2, 0.25) is 0 Å². The molecule has 0 aliphatic rings. The monoisotopic (exact) mass is 277 g/mol. The second-order valence-electron chi connectivity index (χ2n) is 3.21. The van der Waals surface area contributed by atoms with Gasteiger partial charge in [-0.25, -0.2) is 13.6 Å². The third-order valence-corrected chi connectivity index (χ3v) is 3.82. The molecule has 0 radical (unpaired) electrons. The van der Waals surface area contributed by atoms with Gasteiger partial charge in [-0.3, -0.25) is 0 Å². The Bertz CT molecular complexity index is 454. The lowest BCUT2D eigenvalue weighted by molar-refractivity contribution is 0.597. The topological polar surface area (TPSA) is 60.2 Å². The Morgan fingerprint density at radius 3 is 2.36 bits per heavy atom. The van der Waals surface area contributed by atoms with Gasteiger partial charge in [-0.15, -0.1) is 0 Å². The Kier molecular flexibility index (Phi) is 3.34. The summed E-state index contributed by atoms with van der Waals surface area (Å²) in [5, 5.41) is 5.73. The summed E-state index contributed by atoms with van der Waals surface area (Å²) in [5.74, 6) is 0. The summed E-state index contributed by atoms with van der Waals surface area (Å²) in [7, 11) is -3.61. The second kappa shape index (κ2) is 4.00. The SMILES string of the molecule is Cc1cc(CBr)cc(S(N)(=O)=O)c1C. The van der Waals surface area contributed by atoms with Gasteiger partial charge in [0.2, 0.25) is 10.0 Å². The summed E-state index contributed by atoms with van der Waals surface area (Å²) in [5.41, 5.74) is 2.57. The van der Waals surface area contributed by atoms with Crippen molar-refractivity contribution in [1.82, 2.24) is 0 Å². The molecule has 0 aromatic heterocycles. The van der Waals surface area contributed by atoms with Crippen LogP contribution in [-0.4, -0.2) is 8.42 Å². The molecule has 0 unspecified atom stereocenters. The van der Waals surface area contributed by atoms with E-state index >= 15 is 0 Å². The number of alkyl halides is 1. The molecule has 0 saturated carbocycles. The van der Waals surface area contributed by atoms with Crippen molar-refractivity contribution in [2.24, 2.45) is 5.14 Å². The van der Waals surface area contributed by atoms with Crippen LogP contribution in [0.5, 0.6) is 0 Å². The van der Waals surface area contributed by atoms with Gasteiger partial charge in [-0.05, 0) is 36.6 Å². The lowest BCUT2D eigenvalue weighted by Crippen LogP contribution is -2.14. The minimum absolute atomic E-state index is 0.215. The highest BCUT2D eigenvalue weighted by Gasteiger charge is 2.13. The quantitative estimate of drug-likeness (QED) is 0.839. The highest BCUT2D eigenvalue weighted by Crippen LogP contribution is 2.21. The van der Waals surface area contributed by atoms with E-state index in [1.54, 1.807) is 13.0 Å². The highest BCUT2D eigenvalue weighted by molar-refractivity contribution is 9.08. The second-order valence-corrected chi connectivity index (χ2v) is 5.31. The number of benzene rings is 1. The first-order valence-corrected chi connectivity index (χ1v) is 6.72. The van der Waals surface area contributed by atoms with Crippen molar-refractivity contribution in [3.63, 3.8) is 0 Å². The summed E-state index contributed by atoms with van der Waals surface area (Å²) < 4.78 is 22.5. The Morgan fingerprint density at radius 2 is 1.93 bits per heavy atom. The summed E-state index contributed by atoms with van der Waals surface area (Å²) >= 11 is 3.28. The predicted octanol–water partition coefficient (Wildman–Crippen LogP) is 1.85. The van der Waals surface area contributed by atoms with Gasteiger partial charge >= 0.3 is 0 Å². The third-order valence-electron chi connectivity index (χ3n) is 2.14. The Morgan fingerprint density at radius 1 is 1.36 bits per heavy atom. The molecular weight excluding hydrogens is 266 g/mol. The van der Waals surface area contributed by atoms with E-state index in [9.17, 15) is 8.42 Å². The Hall–Kier alpha value is -0.390. The summed E-state index contributed by atoms with van der Waals surface area (Å²) in [4.78, 5) is 0.215. The van der Waals surface area contributed by atoms with Crippen molar-refractivity contribution in [1.29, 1.82) is 0 Å². The molecular formula is C9H12BrNO2S. The number of sulfonamides is 1. The first kappa shape index (κ1) is 11.7. The van der Waals surface area contributed by atoms with Gasteiger partial charge in [-0.1, -0.05) is 22.0 Å². The molecule has 14 heavy (non-hydrogen) atoms. The van der Waals surface area contributed by atoms with Crippen molar-refractivity contribution < 1.29 is 8.42 Å². The lowest BCUT2D eigenvalue weighted by Gasteiger charge is -2.08. The van der Waals surface area contributed by atoms with Crippen molar-refractivity contribution in [2.45, 2.75) is 24.1 Å². The summed E-state index contributed by atoms with van der Waals surface area (Å²) in [6.07, 6.45) is 0. The molecule has 0 spiro atoms. The maximum absolute atomic E-state index is 11.2. The molecule has 0 bridgehead atoms. The zero-order valence-corrected chi connectivity index (χ0v) is 10.4. The first-order chi connectivity index (χ1) is 6.36. The standard InChI is InChI=1S/C9H12BrNO2S/c1-6-3-8(5-10)4-9(7(6)2)14(11,12)13/h3-4H,5H2,1-2H3,(H2,11,12,13). The van der Waals surface area contributed by atoms with Crippen molar-refractivity contribution in [3.05, 3.63) is 28.8 Å². The van der Waals surface area contributed by atoms with Crippen molar-refractivity contribution >= 4 is 26.0 Å². The molecule has 78 valence electrons. The number of primary sulfonamides is 1. The van der Waals surface area contributed by atoms with E-state index in [0.717, 1.165) is 16.7 Å². The number of rotatable bonds is 2. The molecule has 0 heterocycles. The number of nitrogens with two attached hydrogens (primary N) is 1. The Balaban J connectivity index is 3.51. The van der Waals surface area contributed by atoms with Gasteiger partial charge in [0, 0.05) is 5.33 Å². The fourth-order valence-corrected chi connectivity index (χ4v) is 2.50. The number of hydrogen-bond acceptors (Lipinski definition) is 2. The van der Waals surface area contributed by atoms with E-state index in [1.165, 1.54) is 0 Å². The molecule has 2 N–H and O–H groups in total. The molecule has 0 amide bonds. The van der Waals surface area contributed by atoms with Crippen LogP contribution in [-0.2, 0) is 15.4 Å². The van der Waals surface area contributed by atoms with Crippen LogP contribution in [0.4, 0.5) is 0 Å². The number of aryl methyl sites for hydroxylation is 1. The number of halogens is 1. The van der Waals surface area contributed by atoms with Gasteiger partial charge in [0.05, 0.1) is 4.90 Å². The van der Waals surface area contributed by atoms with Gasteiger partial charge in [0.25, 0.3) is 0 Å². The lowest BCUT2D eigenvalue weighted by atomic mass is 10.1. The van der Waals surface area contributed by atoms with Gasteiger partial charge in [0.1, 0.15) is 0 Å². The first-order valence-electron chi connectivity index (χ1n) is 4.05. The average Bonchev–Trinajstić information content (AvgIpc) is 2.07. The van der Waals surface area contributed by atoms with E-state index in [-0.39, 0.29) is 4.90 Å². The number of hydrogen-bond donors (Lipinski definition) is 1. The summed E-state index contributed by atoms with van der Waals surface area (Å²) in [6.45, 7) is 3.63. The van der Waals surface area contributed by atoms with Crippen LogP contribution in [0, 0.1) is 13.8 Å². The molecule has 5 heteroatoms. The minimum atomic E-state index is -3.61. The predicted molar refractivity (Wildman–Crippen MR) is 59.9 cm³/mol. The maximum Gasteiger partial charge on any atom is 0.238 e. The van der Waals surface area contributed by atoms with E-state index in [2.05, 4.69) is 15.9 Å². The normalized spacial score (nSPS) is 11.7. The van der Waals surface area contributed by atoms with Gasteiger partial charge in [0.15, 0.2) is 0 Å². The van der Waals surface area contributed by atoms with Crippen LogP contribution in [0.3, 0.4) is 0 Å². The molecule has 0 saturated heterocycles. The molecule has 1 rings (SSSR count). The fraction of sp³-hybridized carbons (Fsp3) is 0.333. The van der Waals surface area contributed by atoms with Crippen LogP contribution in [0.25, 0.3) is 0 Å². The molecule has 1 aromatic rings.